The molecule has 1 aromatic heterocycles. The Balaban J connectivity index is 2.08. The van der Waals surface area contributed by atoms with Crippen molar-refractivity contribution in [1.29, 1.82) is 0 Å². The highest BCUT2D eigenvalue weighted by molar-refractivity contribution is 6.64. The van der Waals surface area contributed by atoms with Gasteiger partial charge in [-0.3, -0.25) is 9.78 Å². The number of ether oxygens (including phenoxy) is 1. The van der Waals surface area contributed by atoms with Crippen molar-refractivity contribution in [2.24, 2.45) is 17.6 Å². The second-order valence-corrected chi connectivity index (χ2v) is 9.37. The predicted octanol–water partition coefficient (Wildman–Crippen LogP) is 5.81. The zero-order valence-electron chi connectivity index (χ0n) is 19.6. The summed E-state index contributed by atoms with van der Waals surface area (Å²) >= 11 is 5.86. The van der Waals surface area contributed by atoms with Crippen LogP contribution in [0.4, 0.5) is 0 Å². The third kappa shape index (κ3) is 5.37. The number of rotatable bonds is 8. The van der Waals surface area contributed by atoms with Crippen molar-refractivity contribution in [3.05, 3.63) is 76.1 Å². The normalized spacial score (nSPS) is 18.2. The molecule has 4 nitrogen and oxygen atoms in total. The summed E-state index contributed by atoms with van der Waals surface area (Å²) in [6, 6.07) is 8.48. The maximum absolute atomic E-state index is 12.0. The van der Waals surface area contributed by atoms with Crippen LogP contribution < -0.4 is 5.73 Å². The van der Waals surface area contributed by atoms with Crippen molar-refractivity contribution >= 4 is 16.8 Å². The quantitative estimate of drug-likeness (QED) is 0.513. The third-order valence-corrected chi connectivity index (χ3v) is 6.21. The molecule has 1 aliphatic rings. The number of carbonyl (C=O) groups is 1. The van der Waals surface area contributed by atoms with Gasteiger partial charge in [0.05, 0.1) is 18.6 Å². The van der Waals surface area contributed by atoms with Crippen molar-refractivity contribution in [2.75, 3.05) is 0 Å². The molecule has 3 rings (SSSR count). The molecule has 2 unspecified atom stereocenters. The van der Waals surface area contributed by atoms with Crippen molar-refractivity contribution in [2.45, 2.75) is 60.3 Å². The summed E-state index contributed by atoms with van der Waals surface area (Å²) in [6.07, 6.45) is 6.09. The minimum Gasteiger partial charge on any atom is -0.368 e. The van der Waals surface area contributed by atoms with E-state index in [1.54, 1.807) is 6.08 Å². The summed E-state index contributed by atoms with van der Waals surface area (Å²) in [5, 5.41) is -0.415. The Kier molecular flexibility index (Phi) is 8.05. The van der Waals surface area contributed by atoms with E-state index in [0.29, 0.717) is 19.1 Å². The average Bonchev–Trinajstić information content (AvgIpc) is 2.73. The number of benzene rings is 1. The molecule has 1 aromatic carbocycles. The number of nitrogens with zero attached hydrogens (tertiary/aromatic N) is 1. The van der Waals surface area contributed by atoms with E-state index in [0.717, 1.165) is 45.6 Å². The maximum atomic E-state index is 12.0. The number of aryl methyl sites for hydroxylation is 2. The highest BCUT2D eigenvalue weighted by Crippen LogP contribution is 2.34. The van der Waals surface area contributed by atoms with Crippen LogP contribution in [0.25, 0.3) is 11.1 Å². The highest BCUT2D eigenvalue weighted by atomic mass is 35.5. The van der Waals surface area contributed by atoms with Crippen molar-refractivity contribution in [1.82, 2.24) is 4.98 Å². The zero-order valence-corrected chi connectivity index (χ0v) is 20.4. The molecule has 2 N–H and O–H groups in total. The fraction of sp³-hybridized carbons (Fsp3) is 0.407. The van der Waals surface area contributed by atoms with Gasteiger partial charge in [0.2, 0.25) is 5.24 Å². The number of pyridine rings is 1. The first-order valence-corrected chi connectivity index (χ1v) is 11.5. The smallest absolute Gasteiger partial charge is 0.231 e. The van der Waals surface area contributed by atoms with Crippen LogP contribution in [0.2, 0.25) is 0 Å². The number of carbonyl (C=O) groups excluding carboxylic acids is 1. The molecule has 0 radical (unpaired) electrons. The summed E-state index contributed by atoms with van der Waals surface area (Å²) in [7, 11) is 0. The molecule has 2 aromatic rings. The van der Waals surface area contributed by atoms with Gasteiger partial charge in [0, 0.05) is 23.5 Å². The van der Waals surface area contributed by atoms with Crippen LogP contribution in [0.3, 0.4) is 0 Å². The van der Waals surface area contributed by atoms with Gasteiger partial charge >= 0.3 is 0 Å². The van der Waals surface area contributed by atoms with E-state index in [9.17, 15) is 4.79 Å². The molecule has 32 heavy (non-hydrogen) atoms. The van der Waals surface area contributed by atoms with Gasteiger partial charge in [0.15, 0.2) is 0 Å². The minimum atomic E-state index is -0.494. The van der Waals surface area contributed by atoms with Crippen LogP contribution >= 0.6 is 11.6 Å². The number of nitrogens with two attached hydrogens (primary N) is 1. The van der Waals surface area contributed by atoms with Gasteiger partial charge in [-0.15, -0.1) is 0 Å². The molecule has 0 amide bonds. The van der Waals surface area contributed by atoms with Gasteiger partial charge in [-0.1, -0.05) is 61.9 Å². The number of allylic oxidation sites excluding steroid dienone is 2. The third-order valence-electron chi connectivity index (χ3n) is 5.96. The van der Waals surface area contributed by atoms with E-state index in [4.69, 9.17) is 27.1 Å². The second-order valence-electron chi connectivity index (χ2n) is 9.00. The van der Waals surface area contributed by atoms with E-state index >= 15 is 0 Å². The van der Waals surface area contributed by atoms with Gasteiger partial charge in [-0.05, 0) is 67.0 Å². The molecule has 0 fully saturated rings. The number of hydrogen-bond donors (Lipinski definition) is 1. The lowest BCUT2D eigenvalue weighted by Crippen LogP contribution is -2.30. The highest BCUT2D eigenvalue weighted by Gasteiger charge is 2.30. The monoisotopic (exact) mass is 452 g/mol. The van der Waals surface area contributed by atoms with Gasteiger partial charge in [-0.25, -0.2) is 0 Å². The first-order chi connectivity index (χ1) is 15.2. The minimum absolute atomic E-state index is 0.321. The Morgan fingerprint density at radius 2 is 1.84 bits per heavy atom. The Bertz CT molecular complexity index is 1040. The van der Waals surface area contributed by atoms with Crippen LogP contribution in [0.1, 0.15) is 48.8 Å². The predicted molar refractivity (Wildman–Crippen MR) is 131 cm³/mol. The SMILES string of the molecule is CC1=CC=CC(C(=O)Cl)C1OCc1c(C)nc(CC(C)C)c(CN)c1-c1ccc(C)cc1. The lowest BCUT2D eigenvalue weighted by Gasteiger charge is -2.27. The Morgan fingerprint density at radius 3 is 2.44 bits per heavy atom. The Labute approximate surface area is 196 Å². The molecule has 5 heteroatoms. The second kappa shape index (κ2) is 10.6. The van der Waals surface area contributed by atoms with E-state index < -0.39 is 17.3 Å². The van der Waals surface area contributed by atoms with E-state index in [2.05, 4.69) is 45.0 Å². The van der Waals surface area contributed by atoms with Crippen LogP contribution in [0.5, 0.6) is 0 Å². The Morgan fingerprint density at radius 1 is 1.16 bits per heavy atom. The summed E-state index contributed by atoms with van der Waals surface area (Å²) in [6.45, 7) is 11.2. The number of aromatic nitrogens is 1. The molecular weight excluding hydrogens is 420 g/mol. The van der Waals surface area contributed by atoms with Gasteiger partial charge in [-0.2, -0.15) is 0 Å². The first-order valence-electron chi connectivity index (χ1n) is 11.2. The van der Waals surface area contributed by atoms with Gasteiger partial charge in [0.25, 0.3) is 0 Å². The molecule has 0 aliphatic heterocycles. The van der Waals surface area contributed by atoms with Crippen LogP contribution in [0.15, 0.2) is 48.1 Å². The summed E-state index contributed by atoms with van der Waals surface area (Å²) in [5.41, 5.74) is 14.7. The van der Waals surface area contributed by atoms with Crippen LogP contribution in [-0.4, -0.2) is 16.3 Å². The van der Waals surface area contributed by atoms with E-state index in [-0.39, 0.29) is 0 Å². The fourth-order valence-corrected chi connectivity index (χ4v) is 4.46. The Hall–Kier alpha value is -2.27. The molecule has 0 saturated heterocycles. The molecule has 170 valence electrons. The fourth-order valence-electron chi connectivity index (χ4n) is 4.27. The molecule has 0 spiro atoms. The van der Waals surface area contributed by atoms with Crippen molar-refractivity contribution in [3.8, 4) is 11.1 Å². The number of halogens is 1. The number of hydrogen-bond acceptors (Lipinski definition) is 4. The van der Waals surface area contributed by atoms with Crippen molar-refractivity contribution in [3.63, 3.8) is 0 Å². The van der Waals surface area contributed by atoms with Crippen molar-refractivity contribution < 1.29 is 9.53 Å². The lowest BCUT2D eigenvalue weighted by atomic mass is 9.89. The standard InChI is InChI=1S/C27H33ClN2O2/c1-16(2)13-24-22(14-29)25(20-11-9-17(3)10-12-20)23(19(5)30-24)15-32-26-18(4)7-6-8-21(26)27(28)31/h6-12,16,21,26H,13-15,29H2,1-5H3. The van der Waals surface area contributed by atoms with E-state index in [1.807, 2.05) is 26.0 Å². The largest absolute Gasteiger partial charge is 0.368 e. The van der Waals surface area contributed by atoms with E-state index in [1.165, 1.54) is 5.56 Å². The summed E-state index contributed by atoms with van der Waals surface area (Å²) < 4.78 is 6.34. The van der Waals surface area contributed by atoms with Crippen LogP contribution in [-0.2, 0) is 29.1 Å². The first kappa shape index (κ1) is 24.4. The lowest BCUT2D eigenvalue weighted by molar-refractivity contribution is -0.117. The van der Waals surface area contributed by atoms with Gasteiger partial charge < -0.3 is 10.5 Å². The molecule has 0 saturated carbocycles. The molecule has 2 atom stereocenters. The maximum Gasteiger partial charge on any atom is 0.231 e. The van der Waals surface area contributed by atoms with Crippen LogP contribution in [0, 0.1) is 25.7 Å². The summed E-state index contributed by atoms with van der Waals surface area (Å²) in [4.78, 5) is 16.9. The summed E-state index contributed by atoms with van der Waals surface area (Å²) in [5.74, 6) is -0.0237. The van der Waals surface area contributed by atoms with Gasteiger partial charge in [0.1, 0.15) is 0 Å². The molecule has 0 bridgehead atoms. The zero-order chi connectivity index (χ0) is 23.4. The molecule has 1 heterocycles. The molecular formula is C27H33ClN2O2. The topological polar surface area (TPSA) is 65.2 Å². The average molecular weight is 453 g/mol. The molecule has 1 aliphatic carbocycles.